The number of carbonyl (C=O) groups is 1. The molecular formula is C28H27N5O3S. The summed E-state index contributed by atoms with van der Waals surface area (Å²) < 4.78 is 7.02. The molecule has 1 aliphatic heterocycles. The van der Waals surface area contributed by atoms with E-state index in [0.29, 0.717) is 10.8 Å². The molecule has 5 rings (SSSR count). The van der Waals surface area contributed by atoms with Crippen LogP contribution in [0, 0.1) is 6.92 Å². The van der Waals surface area contributed by atoms with Crippen molar-refractivity contribution in [1.82, 2.24) is 14.9 Å². The number of amides is 1. The van der Waals surface area contributed by atoms with E-state index in [0.717, 1.165) is 28.3 Å². The smallest absolute Gasteiger partial charge is 0.250 e. The number of thiocarbonyl (C=S) groups is 1. The third-order valence-corrected chi connectivity index (χ3v) is 6.66. The zero-order valence-electron chi connectivity index (χ0n) is 20.5. The molecule has 1 aliphatic rings. The summed E-state index contributed by atoms with van der Waals surface area (Å²) in [5.41, 5.74) is 5.30. The summed E-state index contributed by atoms with van der Waals surface area (Å²) in [5, 5.41) is 16.7. The van der Waals surface area contributed by atoms with E-state index in [1.807, 2.05) is 67.7 Å². The summed E-state index contributed by atoms with van der Waals surface area (Å²) in [7, 11) is 1.49. The molecule has 0 spiro atoms. The Balaban J connectivity index is 1.58. The average Bonchev–Trinajstić information content (AvgIpc) is 3.51. The van der Waals surface area contributed by atoms with Crippen LogP contribution in [0.15, 0.2) is 85.2 Å². The number of rotatable bonds is 7. The van der Waals surface area contributed by atoms with Crippen LogP contribution < -0.4 is 15.5 Å². The monoisotopic (exact) mass is 513 g/mol. The number of carbonyl (C=O) groups excluding carboxylic acids is 1. The van der Waals surface area contributed by atoms with E-state index in [1.165, 1.54) is 7.11 Å². The zero-order chi connectivity index (χ0) is 25.9. The van der Waals surface area contributed by atoms with Crippen LogP contribution in [-0.4, -0.2) is 39.4 Å². The normalized spacial score (nSPS) is 17.0. The quantitative estimate of drug-likeness (QED) is 0.310. The molecule has 0 bridgehead atoms. The summed E-state index contributed by atoms with van der Waals surface area (Å²) in [5.74, 6) is -0.00108. The second-order valence-corrected chi connectivity index (χ2v) is 9.18. The molecule has 0 unspecified atom stereocenters. The Morgan fingerprint density at radius 2 is 1.89 bits per heavy atom. The van der Waals surface area contributed by atoms with Crippen molar-refractivity contribution >= 4 is 34.6 Å². The lowest BCUT2D eigenvalue weighted by atomic mass is 10.00. The molecule has 0 aliphatic carbocycles. The van der Waals surface area contributed by atoms with Crippen LogP contribution in [0.25, 0.3) is 5.69 Å². The average molecular weight is 514 g/mol. The highest BCUT2D eigenvalue weighted by atomic mass is 32.1. The molecule has 2 atom stereocenters. The van der Waals surface area contributed by atoms with Gasteiger partial charge in [-0.15, -0.1) is 0 Å². The van der Waals surface area contributed by atoms with Gasteiger partial charge < -0.3 is 29.9 Å². The predicted molar refractivity (Wildman–Crippen MR) is 147 cm³/mol. The number of nitrogens with one attached hydrogen (secondary N) is 2. The van der Waals surface area contributed by atoms with Gasteiger partial charge >= 0.3 is 0 Å². The fourth-order valence-corrected chi connectivity index (χ4v) is 5.02. The summed E-state index contributed by atoms with van der Waals surface area (Å²) in [6.07, 6.45) is 3.77. The zero-order valence-corrected chi connectivity index (χ0v) is 21.3. The SMILES string of the molecule is COCC(=O)Nc1ccc(N2C(=S)N[C@H](c3ccccn3)[C@@H]2c2cccn2-c2ccc(O)cc2)cc1C. The lowest BCUT2D eigenvalue weighted by Crippen LogP contribution is -2.30. The number of phenols is 1. The van der Waals surface area contributed by atoms with Gasteiger partial charge in [0, 0.05) is 42.3 Å². The third-order valence-electron chi connectivity index (χ3n) is 6.35. The first-order valence-electron chi connectivity index (χ1n) is 11.8. The molecule has 1 fully saturated rings. The molecule has 3 heterocycles. The highest BCUT2D eigenvalue weighted by Crippen LogP contribution is 2.43. The molecular weight excluding hydrogens is 486 g/mol. The van der Waals surface area contributed by atoms with Crippen molar-refractivity contribution in [2.75, 3.05) is 23.9 Å². The van der Waals surface area contributed by atoms with E-state index >= 15 is 0 Å². The molecule has 0 radical (unpaired) electrons. The number of aryl methyl sites for hydroxylation is 1. The molecule has 37 heavy (non-hydrogen) atoms. The van der Waals surface area contributed by atoms with Gasteiger partial charge in [-0.05, 0) is 91.4 Å². The number of ether oxygens (including phenoxy) is 1. The van der Waals surface area contributed by atoms with E-state index in [4.69, 9.17) is 17.0 Å². The molecule has 1 saturated heterocycles. The summed E-state index contributed by atoms with van der Waals surface area (Å²) in [4.78, 5) is 18.8. The van der Waals surface area contributed by atoms with Gasteiger partial charge in [-0.2, -0.15) is 0 Å². The second-order valence-electron chi connectivity index (χ2n) is 8.80. The van der Waals surface area contributed by atoms with E-state index in [2.05, 4.69) is 31.2 Å². The topological polar surface area (TPSA) is 91.7 Å². The molecule has 2 aromatic carbocycles. The van der Waals surface area contributed by atoms with E-state index in [9.17, 15) is 9.90 Å². The van der Waals surface area contributed by atoms with E-state index < -0.39 is 0 Å². The molecule has 1 amide bonds. The number of hydrogen-bond donors (Lipinski definition) is 3. The number of aromatic hydroxyl groups is 1. The molecule has 2 aromatic heterocycles. The van der Waals surface area contributed by atoms with Gasteiger partial charge in [-0.1, -0.05) is 6.07 Å². The Bertz CT molecular complexity index is 1420. The summed E-state index contributed by atoms with van der Waals surface area (Å²) >= 11 is 5.87. The van der Waals surface area contributed by atoms with Gasteiger partial charge in [0.15, 0.2) is 5.11 Å². The number of hydrogen-bond acceptors (Lipinski definition) is 5. The molecule has 0 saturated carbocycles. The number of pyridine rings is 1. The van der Waals surface area contributed by atoms with Crippen molar-refractivity contribution in [2.45, 2.75) is 19.0 Å². The van der Waals surface area contributed by atoms with E-state index in [-0.39, 0.29) is 30.3 Å². The highest BCUT2D eigenvalue weighted by Gasteiger charge is 2.42. The van der Waals surface area contributed by atoms with Gasteiger partial charge in [0.2, 0.25) is 5.91 Å². The maximum absolute atomic E-state index is 12.1. The molecule has 3 N–H and O–H groups in total. The molecule has 4 aromatic rings. The van der Waals surface area contributed by atoms with Crippen LogP contribution in [0.4, 0.5) is 11.4 Å². The van der Waals surface area contributed by atoms with Crippen molar-refractivity contribution in [3.05, 3.63) is 102 Å². The van der Waals surface area contributed by atoms with Crippen molar-refractivity contribution in [3.8, 4) is 11.4 Å². The van der Waals surface area contributed by atoms with Gasteiger partial charge in [0.1, 0.15) is 18.4 Å². The summed E-state index contributed by atoms with van der Waals surface area (Å²) in [6, 6.07) is 22.4. The fraction of sp³-hybridized carbons (Fsp3) is 0.179. The number of phenolic OH excluding ortho intramolecular Hbond substituents is 1. The Hall–Kier alpha value is -4.21. The summed E-state index contributed by atoms with van der Waals surface area (Å²) in [6.45, 7) is 1.94. The molecule has 8 nitrogen and oxygen atoms in total. The lowest BCUT2D eigenvalue weighted by molar-refractivity contribution is -0.119. The fourth-order valence-electron chi connectivity index (χ4n) is 4.67. The predicted octanol–water partition coefficient (Wildman–Crippen LogP) is 4.65. The van der Waals surface area contributed by atoms with Crippen LogP contribution >= 0.6 is 12.2 Å². The van der Waals surface area contributed by atoms with Crippen LogP contribution in [0.5, 0.6) is 5.75 Å². The van der Waals surface area contributed by atoms with Crippen LogP contribution in [0.2, 0.25) is 0 Å². The number of aromatic nitrogens is 2. The van der Waals surface area contributed by atoms with Gasteiger partial charge in [0.05, 0.1) is 11.7 Å². The third kappa shape index (κ3) is 4.91. The minimum atomic E-state index is -0.223. The Labute approximate surface area is 220 Å². The van der Waals surface area contributed by atoms with Gasteiger partial charge in [0.25, 0.3) is 0 Å². The minimum absolute atomic E-state index is 0.0105. The number of anilines is 2. The van der Waals surface area contributed by atoms with Crippen molar-refractivity contribution in [1.29, 1.82) is 0 Å². The first-order chi connectivity index (χ1) is 18.0. The highest BCUT2D eigenvalue weighted by molar-refractivity contribution is 7.80. The van der Waals surface area contributed by atoms with Crippen LogP contribution in [0.3, 0.4) is 0 Å². The Morgan fingerprint density at radius 3 is 2.59 bits per heavy atom. The van der Waals surface area contributed by atoms with Crippen molar-refractivity contribution < 1.29 is 14.6 Å². The van der Waals surface area contributed by atoms with E-state index in [1.54, 1.807) is 18.3 Å². The molecule has 188 valence electrons. The second kappa shape index (κ2) is 10.4. The molecule has 9 heteroatoms. The van der Waals surface area contributed by atoms with Gasteiger partial charge in [-0.3, -0.25) is 9.78 Å². The lowest BCUT2D eigenvalue weighted by Gasteiger charge is -2.29. The largest absolute Gasteiger partial charge is 0.508 e. The number of benzene rings is 2. The Morgan fingerprint density at radius 1 is 1.11 bits per heavy atom. The first-order valence-corrected chi connectivity index (χ1v) is 12.2. The standard InChI is InChI=1S/C28H27N5O3S/c1-18-16-20(10-13-22(18)30-25(35)17-36-2)33-27(26(31-28(33)37)23-6-3-4-14-29-23)24-7-5-15-32(24)19-8-11-21(34)12-9-19/h3-16,26-27,34H,17H2,1-2H3,(H,30,35)(H,31,37)/t26-,27+/m1/s1. The van der Waals surface area contributed by atoms with Crippen molar-refractivity contribution in [2.24, 2.45) is 0 Å². The van der Waals surface area contributed by atoms with Crippen LogP contribution in [-0.2, 0) is 9.53 Å². The van der Waals surface area contributed by atoms with Gasteiger partial charge in [-0.25, -0.2) is 0 Å². The van der Waals surface area contributed by atoms with Crippen LogP contribution in [0.1, 0.15) is 29.0 Å². The van der Waals surface area contributed by atoms with Crippen molar-refractivity contribution in [3.63, 3.8) is 0 Å². The first kappa shape index (κ1) is 24.5. The Kier molecular flexibility index (Phi) is 6.89. The maximum Gasteiger partial charge on any atom is 0.250 e. The number of methoxy groups -OCH3 is 1. The maximum atomic E-state index is 12.1. The minimum Gasteiger partial charge on any atom is -0.508 e. The number of nitrogens with zero attached hydrogens (tertiary/aromatic N) is 3.